The summed E-state index contributed by atoms with van der Waals surface area (Å²) in [4.78, 5) is 8.00. The third kappa shape index (κ3) is 3.67. The monoisotopic (exact) mass is 235 g/mol. The quantitative estimate of drug-likeness (QED) is 0.471. The third-order valence-electron chi connectivity index (χ3n) is 1.96. The Balaban J connectivity index is 1.59. The molecular weight excluding hydrogens is 222 g/mol. The number of nitrogens with zero attached hydrogens (tertiary/aromatic N) is 2. The van der Waals surface area contributed by atoms with Crippen molar-refractivity contribution >= 4 is 11.8 Å². The predicted molar refractivity (Wildman–Crippen MR) is 63.2 cm³/mol. The molecule has 4 nitrogen and oxygen atoms in total. The Morgan fingerprint density at radius 2 is 2.38 bits per heavy atom. The average Bonchev–Trinajstić information content (AvgIpc) is 2.83. The molecule has 2 rings (SSSR count). The van der Waals surface area contributed by atoms with E-state index in [4.69, 9.17) is 4.42 Å². The van der Waals surface area contributed by atoms with E-state index in [1.165, 1.54) is 0 Å². The summed E-state index contributed by atoms with van der Waals surface area (Å²) in [6.07, 6.45) is 5.01. The molecule has 0 saturated carbocycles. The summed E-state index contributed by atoms with van der Waals surface area (Å²) in [5.41, 5.74) is 0. The first-order chi connectivity index (χ1) is 7.95. The highest BCUT2D eigenvalue weighted by molar-refractivity contribution is 7.99. The van der Waals surface area contributed by atoms with Crippen LogP contribution in [0.5, 0.6) is 0 Å². The van der Waals surface area contributed by atoms with E-state index in [1.807, 2.05) is 18.2 Å². The molecule has 0 aliphatic heterocycles. The Hall–Kier alpha value is -1.33. The number of thioether (sulfide) groups is 1. The molecule has 0 spiro atoms. The van der Waals surface area contributed by atoms with E-state index in [-0.39, 0.29) is 0 Å². The van der Waals surface area contributed by atoms with Gasteiger partial charge in [0.2, 0.25) is 0 Å². The fourth-order valence-corrected chi connectivity index (χ4v) is 1.95. The van der Waals surface area contributed by atoms with Gasteiger partial charge in [0.1, 0.15) is 12.1 Å². The van der Waals surface area contributed by atoms with Crippen molar-refractivity contribution in [2.24, 2.45) is 0 Å². The van der Waals surface area contributed by atoms with Crippen molar-refractivity contribution in [2.75, 3.05) is 12.3 Å². The van der Waals surface area contributed by atoms with Gasteiger partial charge in [-0.15, -0.1) is 11.8 Å². The van der Waals surface area contributed by atoms with E-state index >= 15 is 0 Å². The molecule has 0 amide bonds. The van der Waals surface area contributed by atoms with Gasteiger partial charge < -0.3 is 9.73 Å². The Kier molecular flexibility index (Phi) is 4.39. The van der Waals surface area contributed by atoms with Gasteiger partial charge in [0.15, 0.2) is 0 Å². The van der Waals surface area contributed by atoms with Crippen LogP contribution in [0, 0.1) is 0 Å². The van der Waals surface area contributed by atoms with Gasteiger partial charge in [-0.1, -0.05) is 0 Å². The number of furan rings is 1. The van der Waals surface area contributed by atoms with Crippen LogP contribution in [0.4, 0.5) is 0 Å². The van der Waals surface area contributed by atoms with Gasteiger partial charge in [0.05, 0.1) is 17.8 Å². The highest BCUT2D eigenvalue weighted by atomic mass is 32.2. The fourth-order valence-electron chi connectivity index (χ4n) is 1.22. The number of hydrogen-bond acceptors (Lipinski definition) is 5. The van der Waals surface area contributed by atoms with E-state index in [1.54, 1.807) is 30.5 Å². The lowest BCUT2D eigenvalue weighted by molar-refractivity contribution is 0.488. The number of hydrogen-bond donors (Lipinski definition) is 1. The second kappa shape index (κ2) is 6.30. The van der Waals surface area contributed by atoms with Crippen molar-refractivity contribution in [1.82, 2.24) is 15.3 Å². The fraction of sp³-hybridized carbons (Fsp3) is 0.273. The molecule has 0 radical (unpaired) electrons. The zero-order valence-corrected chi connectivity index (χ0v) is 9.61. The molecule has 0 atom stereocenters. The smallest absolute Gasteiger partial charge is 0.117 e. The van der Waals surface area contributed by atoms with Crippen LogP contribution >= 0.6 is 11.8 Å². The minimum Gasteiger partial charge on any atom is -0.468 e. The molecule has 16 heavy (non-hydrogen) atoms. The zero-order chi connectivity index (χ0) is 11.1. The van der Waals surface area contributed by atoms with Crippen LogP contribution < -0.4 is 5.32 Å². The maximum Gasteiger partial charge on any atom is 0.117 e. The van der Waals surface area contributed by atoms with Crippen molar-refractivity contribution in [3.05, 3.63) is 42.7 Å². The van der Waals surface area contributed by atoms with Gasteiger partial charge in [-0.2, -0.15) is 0 Å². The lowest BCUT2D eigenvalue weighted by Crippen LogP contribution is -2.16. The molecule has 0 unspecified atom stereocenters. The normalized spacial score (nSPS) is 10.5. The van der Waals surface area contributed by atoms with Gasteiger partial charge in [0, 0.05) is 18.5 Å². The lowest BCUT2D eigenvalue weighted by Gasteiger charge is -2.02. The van der Waals surface area contributed by atoms with Gasteiger partial charge in [-0.3, -0.25) is 0 Å². The molecule has 0 aliphatic carbocycles. The summed E-state index contributed by atoms with van der Waals surface area (Å²) in [5, 5.41) is 4.31. The largest absolute Gasteiger partial charge is 0.468 e. The highest BCUT2D eigenvalue weighted by Crippen LogP contribution is 2.11. The van der Waals surface area contributed by atoms with Crippen molar-refractivity contribution in [2.45, 2.75) is 11.6 Å². The number of rotatable bonds is 6. The molecule has 2 heterocycles. The molecule has 2 aromatic heterocycles. The molecular formula is C11H13N3OS. The summed E-state index contributed by atoms with van der Waals surface area (Å²) in [6.45, 7) is 1.70. The van der Waals surface area contributed by atoms with Gasteiger partial charge in [-0.05, 0) is 18.2 Å². The van der Waals surface area contributed by atoms with Crippen LogP contribution in [0.15, 0.2) is 46.4 Å². The SMILES string of the molecule is c1coc(CNCCSc2ccncn2)c1. The molecule has 84 valence electrons. The summed E-state index contributed by atoms with van der Waals surface area (Å²) < 4.78 is 5.21. The molecule has 0 aliphatic rings. The summed E-state index contributed by atoms with van der Waals surface area (Å²) in [6, 6.07) is 5.77. The molecule has 0 fully saturated rings. The molecule has 2 aromatic rings. The van der Waals surface area contributed by atoms with Crippen LogP contribution in [-0.4, -0.2) is 22.3 Å². The first-order valence-corrected chi connectivity index (χ1v) is 6.05. The van der Waals surface area contributed by atoms with E-state index in [2.05, 4.69) is 15.3 Å². The summed E-state index contributed by atoms with van der Waals surface area (Å²) in [5.74, 6) is 1.95. The first-order valence-electron chi connectivity index (χ1n) is 5.07. The Bertz CT molecular complexity index is 391. The first kappa shape index (κ1) is 11.2. The van der Waals surface area contributed by atoms with Gasteiger partial charge >= 0.3 is 0 Å². The maximum absolute atomic E-state index is 5.21. The topological polar surface area (TPSA) is 51.0 Å². The van der Waals surface area contributed by atoms with Crippen LogP contribution in [0.1, 0.15) is 5.76 Å². The van der Waals surface area contributed by atoms with E-state index in [0.717, 1.165) is 29.6 Å². The molecule has 0 aromatic carbocycles. The van der Waals surface area contributed by atoms with Crippen LogP contribution in [0.3, 0.4) is 0 Å². The van der Waals surface area contributed by atoms with Crippen molar-refractivity contribution < 1.29 is 4.42 Å². The van der Waals surface area contributed by atoms with E-state index in [9.17, 15) is 0 Å². The predicted octanol–water partition coefficient (Wildman–Crippen LogP) is 1.95. The van der Waals surface area contributed by atoms with E-state index < -0.39 is 0 Å². The second-order valence-corrected chi connectivity index (χ2v) is 4.27. The molecule has 1 N–H and O–H groups in total. The van der Waals surface area contributed by atoms with Crippen molar-refractivity contribution in [3.63, 3.8) is 0 Å². The maximum atomic E-state index is 5.21. The number of aromatic nitrogens is 2. The molecule has 5 heteroatoms. The van der Waals surface area contributed by atoms with Crippen LogP contribution in [0.2, 0.25) is 0 Å². The van der Waals surface area contributed by atoms with Crippen molar-refractivity contribution in [3.8, 4) is 0 Å². The molecule has 0 saturated heterocycles. The summed E-state index contributed by atoms with van der Waals surface area (Å²) >= 11 is 1.71. The third-order valence-corrected chi connectivity index (χ3v) is 2.91. The zero-order valence-electron chi connectivity index (χ0n) is 8.80. The minimum atomic E-state index is 0.775. The molecule has 0 bridgehead atoms. The Morgan fingerprint density at radius 1 is 1.38 bits per heavy atom. The minimum absolute atomic E-state index is 0.775. The highest BCUT2D eigenvalue weighted by Gasteiger charge is 1.96. The standard InChI is InChI=1S/C11H13N3OS/c1-2-10(15-6-1)8-12-5-7-16-11-3-4-13-9-14-11/h1-4,6,9,12H,5,7-8H2. The van der Waals surface area contributed by atoms with Gasteiger partial charge in [-0.25, -0.2) is 9.97 Å². The van der Waals surface area contributed by atoms with Crippen molar-refractivity contribution in [1.29, 1.82) is 0 Å². The Labute approximate surface area is 98.5 Å². The van der Waals surface area contributed by atoms with Crippen LogP contribution in [0.25, 0.3) is 0 Å². The van der Waals surface area contributed by atoms with Gasteiger partial charge in [0.25, 0.3) is 0 Å². The lowest BCUT2D eigenvalue weighted by atomic mass is 10.4. The average molecular weight is 235 g/mol. The van der Waals surface area contributed by atoms with Crippen LogP contribution in [-0.2, 0) is 6.54 Å². The second-order valence-electron chi connectivity index (χ2n) is 3.15. The number of nitrogens with one attached hydrogen (secondary N) is 1. The Morgan fingerprint density at radius 3 is 3.12 bits per heavy atom. The van der Waals surface area contributed by atoms with E-state index in [0.29, 0.717) is 0 Å². The summed E-state index contributed by atoms with van der Waals surface area (Å²) in [7, 11) is 0.